The fourth-order valence-corrected chi connectivity index (χ4v) is 3.76. The molecule has 0 radical (unpaired) electrons. The molecular weight excluding hydrogens is 510 g/mol. The number of hydrogen-bond acceptors (Lipinski definition) is 7. The third-order valence-electron chi connectivity index (χ3n) is 5.80. The van der Waals surface area contributed by atoms with Crippen LogP contribution < -0.4 is 38.9 Å². The smallest absolute Gasteiger partial charge is 0.326 e. The number of para-hydroxylation sites is 1. The van der Waals surface area contributed by atoms with Crippen LogP contribution in [0.1, 0.15) is 31.7 Å². The van der Waals surface area contributed by atoms with Gasteiger partial charge in [-0.1, -0.05) is 18.2 Å². The summed E-state index contributed by atoms with van der Waals surface area (Å²) in [5.74, 6) is -4.75. The maximum atomic E-state index is 12.7. The molecule has 0 fully saturated rings. The predicted molar refractivity (Wildman–Crippen MR) is 143 cm³/mol. The Balaban J connectivity index is 1.97. The molecule has 2 aromatic rings. The number of nitrogens with two attached hydrogens (primary N) is 4. The summed E-state index contributed by atoms with van der Waals surface area (Å²) in [4.78, 5) is 68.0. The maximum absolute atomic E-state index is 12.7. The van der Waals surface area contributed by atoms with Gasteiger partial charge in [0.2, 0.25) is 23.6 Å². The lowest BCUT2D eigenvalue weighted by atomic mass is 10.0. The average Bonchev–Trinajstić information content (AvgIpc) is 3.27. The van der Waals surface area contributed by atoms with E-state index in [-0.39, 0.29) is 31.8 Å². The number of amides is 4. The van der Waals surface area contributed by atoms with Crippen molar-refractivity contribution in [3.05, 3.63) is 36.0 Å². The summed E-state index contributed by atoms with van der Waals surface area (Å²) in [6, 6.07) is 2.60. The number of aromatic amines is 1. The van der Waals surface area contributed by atoms with Crippen LogP contribution in [-0.4, -0.2) is 76.4 Å². The van der Waals surface area contributed by atoms with E-state index in [0.717, 1.165) is 16.5 Å². The van der Waals surface area contributed by atoms with E-state index >= 15 is 0 Å². The largest absolute Gasteiger partial charge is 0.480 e. The van der Waals surface area contributed by atoms with Crippen LogP contribution in [0.4, 0.5) is 0 Å². The summed E-state index contributed by atoms with van der Waals surface area (Å²) >= 11 is 0. The molecule has 15 nitrogen and oxygen atoms in total. The summed E-state index contributed by atoms with van der Waals surface area (Å²) in [5, 5.41) is 17.4. The first-order valence-electron chi connectivity index (χ1n) is 12.2. The summed E-state index contributed by atoms with van der Waals surface area (Å²) in [6.07, 6.45) is 1.58. The highest BCUT2D eigenvalue weighted by atomic mass is 16.4. The van der Waals surface area contributed by atoms with E-state index in [1.807, 2.05) is 24.3 Å². The van der Waals surface area contributed by atoms with Crippen LogP contribution in [-0.2, 0) is 30.4 Å². The molecule has 0 saturated carbocycles. The van der Waals surface area contributed by atoms with E-state index < -0.39 is 60.2 Å². The Bertz CT molecular complexity index is 1220. The van der Waals surface area contributed by atoms with Crippen molar-refractivity contribution >= 4 is 46.5 Å². The molecule has 13 N–H and O–H groups in total. The standard InChI is InChI=1S/C24H35N9O6/c1-12(31-21(36)15(25)9-13-11-30-16-6-3-2-5-14(13)16)20(35)33-18(10-19(26)34)22(37)32-17(23(38)39)7-4-8-29-24(27)28/h2-3,5-6,11-12,15,17-18,30H,4,7-10,25H2,1H3,(H2,26,34)(H,31,36)(H,32,37)(H,33,35)(H,38,39)(H4,27,28,29). The van der Waals surface area contributed by atoms with Gasteiger partial charge in [0.25, 0.3) is 0 Å². The Labute approximate surface area is 224 Å². The second kappa shape index (κ2) is 14.3. The fourth-order valence-electron chi connectivity index (χ4n) is 3.76. The van der Waals surface area contributed by atoms with Crippen molar-refractivity contribution in [1.29, 1.82) is 0 Å². The quantitative estimate of drug-likeness (QED) is 0.0650. The Morgan fingerprint density at radius 3 is 2.28 bits per heavy atom. The number of aromatic nitrogens is 1. The van der Waals surface area contributed by atoms with E-state index in [1.165, 1.54) is 6.92 Å². The highest BCUT2D eigenvalue weighted by Crippen LogP contribution is 2.18. The zero-order valence-corrected chi connectivity index (χ0v) is 21.5. The van der Waals surface area contributed by atoms with E-state index in [4.69, 9.17) is 22.9 Å². The lowest BCUT2D eigenvalue weighted by Crippen LogP contribution is -2.57. The van der Waals surface area contributed by atoms with Gasteiger partial charge in [0.15, 0.2) is 5.96 Å². The number of rotatable bonds is 15. The number of carbonyl (C=O) groups is 5. The van der Waals surface area contributed by atoms with Crippen LogP contribution in [0.5, 0.6) is 0 Å². The highest BCUT2D eigenvalue weighted by Gasteiger charge is 2.30. The molecule has 1 heterocycles. The normalized spacial score (nSPS) is 13.9. The summed E-state index contributed by atoms with van der Waals surface area (Å²) < 4.78 is 0. The molecule has 15 heteroatoms. The zero-order chi connectivity index (χ0) is 29.1. The first-order valence-corrected chi connectivity index (χ1v) is 12.2. The van der Waals surface area contributed by atoms with Gasteiger partial charge in [0, 0.05) is 23.6 Å². The van der Waals surface area contributed by atoms with Gasteiger partial charge < -0.3 is 49.0 Å². The highest BCUT2D eigenvalue weighted by molar-refractivity contribution is 5.96. The zero-order valence-electron chi connectivity index (χ0n) is 21.5. The SMILES string of the molecule is CC(NC(=O)C(N)Cc1c[nH]c2ccccc12)C(=O)NC(CC(N)=O)C(=O)NC(CCCN=C(N)N)C(=O)O. The minimum Gasteiger partial charge on any atom is -0.480 e. The van der Waals surface area contributed by atoms with Crippen molar-refractivity contribution in [3.63, 3.8) is 0 Å². The molecule has 39 heavy (non-hydrogen) atoms. The van der Waals surface area contributed by atoms with Crippen LogP contribution in [0.15, 0.2) is 35.5 Å². The number of guanidine groups is 1. The molecule has 0 spiro atoms. The molecule has 0 aliphatic rings. The summed E-state index contributed by atoms with van der Waals surface area (Å²) in [5.41, 5.74) is 23.4. The van der Waals surface area contributed by atoms with Crippen molar-refractivity contribution in [2.75, 3.05) is 6.54 Å². The van der Waals surface area contributed by atoms with Crippen molar-refractivity contribution < 1.29 is 29.1 Å². The molecule has 4 unspecified atom stereocenters. The van der Waals surface area contributed by atoms with E-state index in [0.29, 0.717) is 0 Å². The first-order chi connectivity index (χ1) is 18.4. The summed E-state index contributed by atoms with van der Waals surface area (Å²) in [6.45, 7) is 1.51. The Morgan fingerprint density at radius 1 is 0.974 bits per heavy atom. The number of benzene rings is 1. The predicted octanol–water partition coefficient (Wildman–Crippen LogP) is -2.47. The molecule has 1 aromatic carbocycles. The van der Waals surface area contributed by atoms with Crippen LogP contribution in [0.2, 0.25) is 0 Å². The van der Waals surface area contributed by atoms with Crippen LogP contribution in [0, 0.1) is 0 Å². The summed E-state index contributed by atoms with van der Waals surface area (Å²) in [7, 11) is 0. The van der Waals surface area contributed by atoms with Crippen molar-refractivity contribution in [2.24, 2.45) is 27.9 Å². The van der Waals surface area contributed by atoms with Crippen molar-refractivity contribution in [3.8, 4) is 0 Å². The topological polar surface area (TPSA) is 274 Å². The van der Waals surface area contributed by atoms with Crippen LogP contribution in [0.25, 0.3) is 10.9 Å². The number of fused-ring (bicyclic) bond motifs is 1. The third-order valence-corrected chi connectivity index (χ3v) is 5.80. The van der Waals surface area contributed by atoms with Gasteiger partial charge in [-0.3, -0.25) is 24.2 Å². The number of nitrogens with one attached hydrogen (secondary N) is 4. The Hall–Kier alpha value is -4.66. The molecule has 0 bridgehead atoms. The monoisotopic (exact) mass is 545 g/mol. The fraction of sp³-hybridized carbons (Fsp3) is 0.417. The van der Waals surface area contributed by atoms with E-state index in [9.17, 15) is 29.1 Å². The first kappa shape index (κ1) is 30.6. The lowest BCUT2D eigenvalue weighted by molar-refractivity contribution is -0.142. The number of aliphatic imine (C=N–C) groups is 1. The number of carboxylic acid groups (broad SMARTS) is 1. The lowest BCUT2D eigenvalue weighted by Gasteiger charge is -2.23. The van der Waals surface area contributed by atoms with Gasteiger partial charge in [-0.25, -0.2) is 4.79 Å². The van der Waals surface area contributed by atoms with Gasteiger partial charge in [0.1, 0.15) is 18.1 Å². The Morgan fingerprint density at radius 2 is 1.64 bits per heavy atom. The molecule has 0 saturated heterocycles. The van der Waals surface area contributed by atoms with Gasteiger partial charge in [-0.05, 0) is 37.8 Å². The van der Waals surface area contributed by atoms with Gasteiger partial charge in [-0.15, -0.1) is 0 Å². The van der Waals surface area contributed by atoms with Crippen molar-refractivity contribution in [1.82, 2.24) is 20.9 Å². The number of nitrogens with zero attached hydrogens (tertiary/aromatic N) is 1. The molecule has 1 aromatic heterocycles. The van der Waals surface area contributed by atoms with Crippen molar-refractivity contribution in [2.45, 2.75) is 56.8 Å². The molecule has 0 aliphatic carbocycles. The number of aliphatic carboxylic acids is 1. The van der Waals surface area contributed by atoms with E-state index in [1.54, 1.807) is 6.20 Å². The number of hydrogen-bond donors (Lipinski definition) is 9. The molecule has 212 valence electrons. The van der Waals surface area contributed by atoms with Gasteiger partial charge in [-0.2, -0.15) is 0 Å². The van der Waals surface area contributed by atoms with Gasteiger partial charge >= 0.3 is 5.97 Å². The van der Waals surface area contributed by atoms with Crippen LogP contribution in [0.3, 0.4) is 0 Å². The molecular formula is C24H35N9O6. The molecule has 4 atom stereocenters. The Kier molecular flexibility index (Phi) is 11.2. The van der Waals surface area contributed by atoms with Gasteiger partial charge in [0.05, 0.1) is 12.5 Å². The maximum Gasteiger partial charge on any atom is 0.326 e. The number of primary amides is 1. The number of carbonyl (C=O) groups excluding carboxylic acids is 4. The molecule has 4 amide bonds. The van der Waals surface area contributed by atoms with E-state index in [2.05, 4.69) is 25.9 Å². The average molecular weight is 546 g/mol. The third kappa shape index (κ3) is 9.62. The minimum absolute atomic E-state index is 0.0180. The molecule has 0 aliphatic heterocycles. The number of carboxylic acids is 1. The number of H-pyrrole nitrogens is 1. The second-order valence-corrected chi connectivity index (χ2v) is 8.98. The van der Waals surface area contributed by atoms with Crippen LogP contribution >= 0.6 is 0 Å². The second-order valence-electron chi connectivity index (χ2n) is 8.98. The minimum atomic E-state index is -1.48. The molecule has 2 rings (SSSR count).